The second-order valence-corrected chi connectivity index (χ2v) is 10.8. The minimum atomic E-state index is -1.31. The maximum Gasteiger partial charge on any atom is 0.351 e. The third-order valence-electron chi connectivity index (χ3n) is 6.68. The summed E-state index contributed by atoms with van der Waals surface area (Å²) < 4.78 is 6.19. The number of nitrogen functional groups attached to an aromatic ring is 1. The van der Waals surface area contributed by atoms with Crippen molar-refractivity contribution < 1.29 is 40.2 Å². The average molecular weight is 636 g/mol. The standard InChI is InChI=1S/C18H34O2.C9H13N3O5.C3H7ClO2/c1-2-3-4-5-6-7-8-9-10-11-12-13-14-15-16-17-18(19)20;10-5-1-2-12(9(16)11-5)8-7(15)6(14)4(3-13)17-8;4-1-3(6)2-5/h9-10H,2-8,11-17H2,1H3,(H,19,20);1-2,4,6-8,13-15H,3H2,(H2,10,11,16);3,5-6H,1-2H2/b10-9-;;/t;4-,6-,7-,8-;/m.1./s1. The van der Waals surface area contributed by atoms with E-state index < -0.39 is 48.9 Å². The molecule has 5 atom stereocenters. The van der Waals surface area contributed by atoms with Gasteiger partial charge in [-0.1, -0.05) is 70.4 Å². The Morgan fingerprint density at radius 3 is 2.02 bits per heavy atom. The summed E-state index contributed by atoms with van der Waals surface area (Å²) in [6, 6.07) is 1.37. The van der Waals surface area contributed by atoms with E-state index in [1.54, 1.807) is 0 Å². The fraction of sp³-hybridized carbons (Fsp3) is 0.767. The lowest BCUT2D eigenvalue weighted by Gasteiger charge is -2.16. The molecule has 12 nitrogen and oxygen atoms in total. The van der Waals surface area contributed by atoms with E-state index in [9.17, 15) is 19.8 Å². The Morgan fingerprint density at radius 1 is 1.02 bits per heavy atom. The van der Waals surface area contributed by atoms with E-state index in [0.717, 1.165) is 17.4 Å². The van der Waals surface area contributed by atoms with Crippen LogP contribution >= 0.6 is 11.6 Å². The lowest BCUT2D eigenvalue weighted by atomic mass is 10.1. The molecule has 0 saturated carbocycles. The number of hydrogen-bond donors (Lipinski definition) is 7. The molecule has 0 aliphatic carbocycles. The highest BCUT2D eigenvalue weighted by molar-refractivity contribution is 6.18. The van der Waals surface area contributed by atoms with Crippen LogP contribution in [-0.4, -0.2) is 89.7 Å². The normalized spacial score (nSPS) is 20.3. The third kappa shape index (κ3) is 19.8. The second-order valence-electron chi connectivity index (χ2n) is 10.5. The summed E-state index contributed by atoms with van der Waals surface area (Å²) in [6.07, 6.45) is 17.2. The number of unbranched alkanes of at least 4 members (excludes halogenated alkanes) is 11. The molecule has 1 aliphatic rings. The molecule has 0 bridgehead atoms. The van der Waals surface area contributed by atoms with Crippen LogP contribution < -0.4 is 11.4 Å². The molecule has 13 heteroatoms. The number of carbonyl (C=O) groups is 1. The number of allylic oxidation sites excluding steroid dienone is 2. The Morgan fingerprint density at radius 2 is 1.58 bits per heavy atom. The number of carboxylic acids is 1. The molecule has 1 aromatic heterocycles. The monoisotopic (exact) mass is 635 g/mol. The maximum absolute atomic E-state index is 11.5. The van der Waals surface area contributed by atoms with Crippen molar-refractivity contribution in [2.75, 3.05) is 24.8 Å². The highest BCUT2D eigenvalue weighted by atomic mass is 35.5. The summed E-state index contributed by atoms with van der Waals surface area (Å²) >= 11 is 5.04. The molecule has 0 amide bonds. The number of aliphatic hydroxyl groups is 5. The number of aliphatic carboxylic acids is 1. The van der Waals surface area contributed by atoms with E-state index in [1.807, 2.05) is 0 Å². The van der Waals surface area contributed by atoms with Crippen molar-refractivity contribution in [1.82, 2.24) is 9.55 Å². The van der Waals surface area contributed by atoms with Crippen molar-refractivity contribution >= 4 is 23.4 Å². The van der Waals surface area contributed by atoms with Crippen LogP contribution in [0.2, 0.25) is 0 Å². The summed E-state index contributed by atoms with van der Waals surface area (Å²) in [5.74, 6) is -0.503. The van der Waals surface area contributed by atoms with Crippen LogP contribution in [0.5, 0.6) is 0 Å². The van der Waals surface area contributed by atoms with Crippen molar-refractivity contribution in [2.45, 2.75) is 127 Å². The van der Waals surface area contributed by atoms with Gasteiger partial charge in [0.15, 0.2) is 6.23 Å². The number of nitrogens with zero attached hydrogens (tertiary/aromatic N) is 2. The summed E-state index contributed by atoms with van der Waals surface area (Å²) in [7, 11) is 0. The fourth-order valence-electron chi connectivity index (χ4n) is 4.13. The molecule has 43 heavy (non-hydrogen) atoms. The lowest BCUT2D eigenvalue weighted by Crippen LogP contribution is -2.36. The van der Waals surface area contributed by atoms with Gasteiger partial charge in [-0.3, -0.25) is 9.36 Å². The first kappa shape index (κ1) is 40.9. The molecule has 1 aromatic rings. The van der Waals surface area contributed by atoms with Gasteiger partial charge in [0.05, 0.1) is 25.2 Å². The number of ether oxygens (including phenoxy) is 1. The molecule has 8 N–H and O–H groups in total. The third-order valence-corrected chi connectivity index (χ3v) is 7.04. The molecule has 1 unspecified atom stereocenters. The number of nitrogens with two attached hydrogens (primary N) is 1. The Balaban J connectivity index is 0.000000694. The average Bonchev–Trinajstić information content (AvgIpc) is 3.27. The molecular weight excluding hydrogens is 582 g/mol. The van der Waals surface area contributed by atoms with Crippen molar-refractivity contribution in [3.05, 3.63) is 34.9 Å². The zero-order valence-electron chi connectivity index (χ0n) is 25.5. The van der Waals surface area contributed by atoms with Crippen molar-refractivity contribution in [1.29, 1.82) is 0 Å². The molecule has 0 aromatic carbocycles. The molecule has 0 radical (unpaired) electrons. The van der Waals surface area contributed by atoms with Gasteiger partial charge >= 0.3 is 11.7 Å². The molecule has 1 saturated heterocycles. The van der Waals surface area contributed by atoms with E-state index in [2.05, 4.69) is 24.1 Å². The van der Waals surface area contributed by atoms with Crippen molar-refractivity contribution in [3.63, 3.8) is 0 Å². The zero-order chi connectivity index (χ0) is 32.5. The lowest BCUT2D eigenvalue weighted by molar-refractivity contribution is -0.137. The minimum absolute atomic E-state index is 0.0537. The second kappa shape index (κ2) is 26.4. The number of rotatable bonds is 19. The van der Waals surface area contributed by atoms with Gasteiger partial charge in [0.1, 0.15) is 24.1 Å². The number of carboxylic acid groups (broad SMARTS) is 1. The zero-order valence-corrected chi connectivity index (χ0v) is 26.2. The molecule has 2 rings (SSSR count). The SMILES string of the molecule is CCCCCCCC/C=C\CCCCCCCC(=O)O.Nc1ccn([C@@H]2O[C@H](CO)[C@@H](O)[C@H]2O)c(=O)n1.OCC(O)CCl. The van der Waals surface area contributed by atoms with Gasteiger partial charge < -0.3 is 41.1 Å². The van der Waals surface area contributed by atoms with E-state index >= 15 is 0 Å². The predicted molar refractivity (Wildman–Crippen MR) is 167 cm³/mol. The van der Waals surface area contributed by atoms with Crippen LogP contribution in [0, 0.1) is 0 Å². The summed E-state index contributed by atoms with van der Waals surface area (Å²) in [5, 5.41) is 52.9. The summed E-state index contributed by atoms with van der Waals surface area (Å²) in [5.41, 5.74) is 4.63. The van der Waals surface area contributed by atoms with Crippen LogP contribution in [0.3, 0.4) is 0 Å². The van der Waals surface area contributed by atoms with Crippen LogP contribution in [0.15, 0.2) is 29.2 Å². The van der Waals surface area contributed by atoms with E-state index in [-0.39, 0.29) is 18.3 Å². The Hall–Kier alpha value is -2.06. The van der Waals surface area contributed by atoms with Gasteiger partial charge in [-0.2, -0.15) is 4.98 Å². The quantitative estimate of drug-likeness (QED) is 0.0667. The van der Waals surface area contributed by atoms with Gasteiger partial charge in [-0.05, 0) is 38.2 Å². The number of aromatic nitrogens is 2. The topological polar surface area (TPSA) is 209 Å². The van der Waals surface area contributed by atoms with E-state index in [1.165, 1.54) is 82.9 Å². The fourth-order valence-corrected chi connectivity index (χ4v) is 4.22. The van der Waals surface area contributed by atoms with Gasteiger partial charge in [0, 0.05) is 12.6 Å². The summed E-state index contributed by atoms with van der Waals surface area (Å²) in [6.45, 7) is 1.56. The smallest absolute Gasteiger partial charge is 0.351 e. The van der Waals surface area contributed by atoms with Crippen LogP contribution in [-0.2, 0) is 9.53 Å². The first-order valence-electron chi connectivity index (χ1n) is 15.3. The van der Waals surface area contributed by atoms with E-state index in [0.29, 0.717) is 6.42 Å². The minimum Gasteiger partial charge on any atom is -0.481 e. The van der Waals surface area contributed by atoms with Crippen LogP contribution in [0.4, 0.5) is 5.82 Å². The van der Waals surface area contributed by atoms with Gasteiger partial charge in [0.2, 0.25) is 0 Å². The van der Waals surface area contributed by atoms with Gasteiger partial charge in [-0.25, -0.2) is 4.79 Å². The molecule has 2 heterocycles. The first-order valence-corrected chi connectivity index (χ1v) is 15.8. The first-order chi connectivity index (χ1) is 20.6. The summed E-state index contributed by atoms with van der Waals surface area (Å²) in [4.78, 5) is 25.3. The Labute approximate surface area is 260 Å². The van der Waals surface area contributed by atoms with Crippen molar-refractivity contribution in [3.8, 4) is 0 Å². The Kier molecular flexibility index (Phi) is 25.1. The van der Waals surface area contributed by atoms with Gasteiger partial charge in [0.25, 0.3) is 0 Å². The number of hydrogen-bond acceptors (Lipinski definition) is 10. The molecule has 1 fully saturated rings. The predicted octanol–water partition coefficient (Wildman–Crippen LogP) is 3.12. The largest absolute Gasteiger partial charge is 0.481 e. The van der Waals surface area contributed by atoms with E-state index in [4.69, 9.17) is 42.5 Å². The maximum atomic E-state index is 11.5. The number of anilines is 1. The number of alkyl halides is 1. The highest BCUT2D eigenvalue weighted by Crippen LogP contribution is 2.27. The number of halogens is 1. The Bertz CT molecular complexity index is 915. The van der Waals surface area contributed by atoms with Gasteiger partial charge in [-0.15, -0.1) is 11.6 Å². The van der Waals surface area contributed by atoms with Crippen LogP contribution in [0.1, 0.15) is 103 Å². The molecule has 0 spiro atoms. The number of aliphatic hydroxyl groups excluding tert-OH is 5. The molecule has 250 valence electrons. The highest BCUT2D eigenvalue weighted by Gasteiger charge is 2.43. The van der Waals surface area contributed by atoms with Crippen molar-refractivity contribution in [2.24, 2.45) is 0 Å². The molecular formula is C30H54ClN3O9. The molecule has 1 aliphatic heterocycles. The van der Waals surface area contributed by atoms with Crippen LogP contribution in [0.25, 0.3) is 0 Å².